The molecule has 1 aromatic heterocycles. The van der Waals surface area contributed by atoms with Crippen LogP contribution in [0.25, 0.3) is 0 Å². The highest BCUT2D eigenvalue weighted by Gasteiger charge is 2.44. The van der Waals surface area contributed by atoms with E-state index in [2.05, 4.69) is 4.98 Å². The molecule has 2 heterocycles. The summed E-state index contributed by atoms with van der Waals surface area (Å²) in [5.41, 5.74) is 4.34. The van der Waals surface area contributed by atoms with Crippen LogP contribution in [-0.2, 0) is 14.8 Å². The van der Waals surface area contributed by atoms with Crippen LogP contribution >= 0.6 is 0 Å². The minimum Gasteiger partial charge on any atom is -0.369 e. The van der Waals surface area contributed by atoms with Crippen LogP contribution < -0.4 is 5.73 Å². The third-order valence-corrected chi connectivity index (χ3v) is 5.12. The van der Waals surface area contributed by atoms with E-state index in [9.17, 15) is 17.6 Å². The van der Waals surface area contributed by atoms with Crippen LogP contribution in [0, 0.1) is 11.2 Å². The van der Waals surface area contributed by atoms with Gasteiger partial charge in [-0.15, -0.1) is 0 Å². The molecular weight excluding hydrogens is 273 g/mol. The fourth-order valence-corrected chi connectivity index (χ4v) is 3.55. The van der Waals surface area contributed by atoms with E-state index in [1.54, 1.807) is 6.92 Å². The highest BCUT2D eigenvalue weighted by atomic mass is 32.2. The molecule has 8 heteroatoms. The molecule has 19 heavy (non-hydrogen) atoms. The summed E-state index contributed by atoms with van der Waals surface area (Å²) in [6.45, 7) is 1.66. The van der Waals surface area contributed by atoms with Gasteiger partial charge in [-0.25, -0.2) is 17.8 Å². The van der Waals surface area contributed by atoms with E-state index < -0.39 is 32.2 Å². The fourth-order valence-electron chi connectivity index (χ4n) is 2.01. The lowest BCUT2D eigenvalue weighted by Gasteiger charge is -2.20. The summed E-state index contributed by atoms with van der Waals surface area (Å²) in [6, 6.07) is 2.34. The van der Waals surface area contributed by atoms with Gasteiger partial charge >= 0.3 is 0 Å². The third-order valence-electron chi connectivity index (χ3n) is 3.34. The average molecular weight is 287 g/mol. The standard InChI is InChI=1S/C11H14FN3O3S/c1-11(10(13)16)4-6-15(7-11)19(17,18)9-8(12)3-2-5-14-9/h2-3,5H,4,6-7H2,1H3,(H2,13,16). The van der Waals surface area contributed by atoms with Crippen molar-refractivity contribution in [2.75, 3.05) is 13.1 Å². The molecule has 1 aliphatic heterocycles. The Morgan fingerprint density at radius 2 is 2.26 bits per heavy atom. The Labute approximate surface area is 110 Å². The van der Waals surface area contributed by atoms with Crippen LogP contribution in [0.15, 0.2) is 23.4 Å². The van der Waals surface area contributed by atoms with E-state index in [1.807, 2.05) is 0 Å². The Bertz CT molecular complexity index is 619. The van der Waals surface area contributed by atoms with Crippen molar-refractivity contribution < 1.29 is 17.6 Å². The maximum absolute atomic E-state index is 13.5. The van der Waals surface area contributed by atoms with Gasteiger partial charge in [-0.3, -0.25) is 4.79 Å². The zero-order valence-electron chi connectivity index (χ0n) is 10.3. The van der Waals surface area contributed by atoms with Crippen LogP contribution in [-0.4, -0.2) is 36.7 Å². The lowest BCUT2D eigenvalue weighted by molar-refractivity contribution is -0.126. The predicted molar refractivity (Wildman–Crippen MR) is 64.9 cm³/mol. The first-order chi connectivity index (χ1) is 8.77. The largest absolute Gasteiger partial charge is 0.369 e. The van der Waals surface area contributed by atoms with Crippen molar-refractivity contribution in [1.29, 1.82) is 0 Å². The molecular formula is C11H14FN3O3S. The third kappa shape index (κ3) is 2.33. The number of hydrogen-bond donors (Lipinski definition) is 1. The quantitative estimate of drug-likeness (QED) is 0.853. The van der Waals surface area contributed by atoms with Gasteiger partial charge < -0.3 is 5.73 Å². The number of halogens is 1. The molecule has 0 spiro atoms. The zero-order valence-corrected chi connectivity index (χ0v) is 11.2. The van der Waals surface area contributed by atoms with Crippen LogP contribution in [0.4, 0.5) is 4.39 Å². The Kier molecular flexibility index (Phi) is 3.31. The van der Waals surface area contributed by atoms with Gasteiger partial charge in [0.25, 0.3) is 10.0 Å². The van der Waals surface area contributed by atoms with Crippen molar-refractivity contribution in [3.8, 4) is 0 Å². The minimum atomic E-state index is -4.03. The number of aromatic nitrogens is 1. The van der Waals surface area contributed by atoms with Gasteiger partial charge in [0.2, 0.25) is 10.9 Å². The molecule has 0 saturated carbocycles. The predicted octanol–water partition coefficient (Wildman–Crippen LogP) is 0.107. The van der Waals surface area contributed by atoms with E-state index in [4.69, 9.17) is 5.73 Å². The molecule has 2 N–H and O–H groups in total. The summed E-state index contributed by atoms with van der Waals surface area (Å²) in [7, 11) is -4.03. The van der Waals surface area contributed by atoms with Gasteiger partial charge in [0, 0.05) is 19.3 Å². The van der Waals surface area contributed by atoms with Gasteiger partial charge in [0.05, 0.1) is 5.41 Å². The first-order valence-corrected chi connectivity index (χ1v) is 7.12. The van der Waals surface area contributed by atoms with Crippen LogP contribution in [0.1, 0.15) is 13.3 Å². The smallest absolute Gasteiger partial charge is 0.263 e. The maximum atomic E-state index is 13.5. The van der Waals surface area contributed by atoms with Crippen LogP contribution in [0.3, 0.4) is 0 Å². The molecule has 0 bridgehead atoms. The molecule has 1 aromatic rings. The summed E-state index contributed by atoms with van der Waals surface area (Å²) < 4.78 is 39.0. The molecule has 0 aromatic carbocycles. The van der Waals surface area contributed by atoms with E-state index in [0.29, 0.717) is 6.42 Å². The number of sulfonamides is 1. The number of nitrogens with zero attached hydrogens (tertiary/aromatic N) is 2. The van der Waals surface area contributed by atoms with Gasteiger partial charge in [0.1, 0.15) is 0 Å². The van der Waals surface area contributed by atoms with Crippen molar-refractivity contribution in [2.45, 2.75) is 18.4 Å². The van der Waals surface area contributed by atoms with Gasteiger partial charge in [-0.05, 0) is 25.5 Å². The lowest BCUT2D eigenvalue weighted by atomic mass is 9.89. The Hall–Kier alpha value is -1.54. The first-order valence-electron chi connectivity index (χ1n) is 5.68. The van der Waals surface area contributed by atoms with Gasteiger partial charge in [-0.2, -0.15) is 4.31 Å². The van der Waals surface area contributed by atoms with E-state index >= 15 is 0 Å². The molecule has 0 radical (unpaired) electrons. The number of hydrogen-bond acceptors (Lipinski definition) is 4. The summed E-state index contributed by atoms with van der Waals surface area (Å²) >= 11 is 0. The Balaban J connectivity index is 2.34. The maximum Gasteiger partial charge on any atom is 0.263 e. The number of amides is 1. The molecule has 1 atom stereocenters. The highest BCUT2D eigenvalue weighted by Crippen LogP contribution is 2.33. The highest BCUT2D eigenvalue weighted by molar-refractivity contribution is 7.89. The van der Waals surface area contributed by atoms with E-state index in [1.165, 1.54) is 12.3 Å². The second kappa shape index (κ2) is 4.53. The van der Waals surface area contributed by atoms with Crippen molar-refractivity contribution >= 4 is 15.9 Å². The molecule has 104 valence electrons. The van der Waals surface area contributed by atoms with Crippen molar-refractivity contribution in [1.82, 2.24) is 9.29 Å². The summed E-state index contributed by atoms with van der Waals surface area (Å²) in [6.07, 6.45) is 1.52. The minimum absolute atomic E-state index is 0.0549. The molecule has 2 rings (SSSR count). The molecule has 1 unspecified atom stereocenters. The lowest BCUT2D eigenvalue weighted by Crippen LogP contribution is -2.39. The molecule has 1 saturated heterocycles. The number of pyridine rings is 1. The average Bonchev–Trinajstić information content (AvgIpc) is 2.74. The van der Waals surface area contributed by atoms with E-state index in [-0.39, 0.29) is 13.1 Å². The SMILES string of the molecule is CC1(C(N)=O)CCN(S(=O)(=O)c2ncccc2F)C1. The Morgan fingerprint density at radius 3 is 2.79 bits per heavy atom. The van der Waals surface area contributed by atoms with Crippen LogP contribution in [0.5, 0.6) is 0 Å². The van der Waals surface area contributed by atoms with Gasteiger partial charge in [-0.1, -0.05) is 0 Å². The first kappa shape index (κ1) is 13.9. The van der Waals surface area contributed by atoms with Crippen molar-refractivity contribution in [2.24, 2.45) is 11.1 Å². The Morgan fingerprint density at radius 1 is 1.58 bits per heavy atom. The number of rotatable bonds is 3. The fraction of sp³-hybridized carbons (Fsp3) is 0.455. The summed E-state index contributed by atoms with van der Waals surface area (Å²) in [4.78, 5) is 14.9. The van der Waals surface area contributed by atoms with Crippen LogP contribution in [0.2, 0.25) is 0 Å². The number of primary amides is 1. The summed E-state index contributed by atoms with van der Waals surface area (Å²) in [5.74, 6) is -1.47. The molecule has 1 fully saturated rings. The summed E-state index contributed by atoms with van der Waals surface area (Å²) in [5, 5.41) is -0.622. The zero-order chi connectivity index (χ0) is 14.3. The molecule has 1 aliphatic rings. The number of carbonyl (C=O) groups excluding carboxylic acids is 1. The van der Waals surface area contributed by atoms with E-state index in [0.717, 1.165) is 10.4 Å². The monoisotopic (exact) mass is 287 g/mol. The number of carbonyl (C=O) groups is 1. The molecule has 0 aliphatic carbocycles. The topological polar surface area (TPSA) is 93.4 Å². The molecule has 1 amide bonds. The number of nitrogens with two attached hydrogens (primary N) is 1. The van der Waals surface area contributed by atoms with Crippen molar-refractivity contribution in [3.05, 3.63) is 24.1 Å². The second-order valence-electron chi connectivity index (χ2n) is 4.80. The normalized spacial score (nSPS) is 24.5. The van der Waals surface area contributed by atoms with Crippen molar-refractivity contribution in [3.63, 3.8) is 0 Å². The molecule has 6 nitrogen and oxygen atoms in total. The van der Waals surface area contributed by atoms with Gasteiger partial charge in [0.15, 0.2) is 5.82 Å². The second-order valence-corrected chi connectivity index (χ2v) is 6.66.